The van der Waals surface area contributed by atoms with Crippen molar-refractivity contribution in [3.05, 3.63) is 29.6 Å². The molecular weight excluding hydrogens is 192 g/mol. The molecule has 0 N–H and O–H groups in total. The maximum absolute atomic E-state index is 5.63. The molecule has 0 aliphatic carbocycles. The highest BCUT2D eigenvalue weighted by Gasteiger charge is 1.97. The number of hydrogen-bond donors (Lipinski definition) is 0. The van der Waals surface area contributed by atoms with E-state index in [0.717, 1.165) is 18.8 Å². The first-order valence-corrected chi connectivity index (χ1v) is 5.88. The topological polar surface area (TPSA) is 9.23 Å². The van der Waals surface area contributed by atoms with Crippen LogP contribution in [0.3, 0.4) is 0 Å². The summed E-state index contributed by atoms with van der Waals surface area (Å²) in [4.78, 5) is 0. The van der Waals surface area contributed by atoms with Crippen LogP contribution in [-0.4, -0.2) is 6.61 Å². The molecule has 74 valence electrons. The van der Waals surface area contributed by atoms with Crippen molar-refractivity contribution in [1.29, 1.82) is 0 Å². The smallest absolute Gasteiger partial charge is 0.120 e. The fraction of sp³-hybridized carbons (Fsp3) is 0.333. The van der Waals surface area contributed by atoms with Gasteiger partial charge in [0.25, 0.3) is 0 Å². The van der Waals surface area contributed by atoms with Crippen LogP contribution in [0.2, 0.25) is 0 Å². The Kier molecular flexibility index (Phi) is 3.04. The van der Waals surface area contributed by atoms with Crippen LogP contribution >= 0.6 is 11.3 Å². The van der Waals surface area contributed by atoms with Crippen molar-refractivity contribution < 1.29 is 4.74 Å². The zero-order valence-corrected chi connectivity index (χ0v) is 9.14. The van der Waals surface area contributed by atoms with Gasteiger partial charge in [-0.2, -0.15) is 0 Å². The van der Waals surface area contributed by atoms with Gasteiger partial charge in [0.1, 0.15) is 5.75 Å². The zero-order valence-electron chi connectivity index (χ0n) is 8.32. The Morgan fingerprint density at radius 1 is 1.29 bits per heavy atom. The molecule has 2 aromatic rings. The van der Waals surface area contributed by atoms with Gasteiger partial charge < -0.3 is 4.74 Å². The summed E-state index contributed by atoms with van der Waals surface area (Å²) in [6.07, 6.45) is 2.31. The van der Waals surface area contributed by atoms with Crippen molar-refractivity contribution >= 4 is 21.4 Å². The van der Waals surface area contributed by atoms with Gasteiger partial charge in [-0.25, -0.2) is 0 Å². The van der Waals surface area contributed by atoms with Gasteiger partial charge in [0.05, 0.1) is 6.61 Å². The predicted octanol–water partition coefficient (Wildman–Crippen LogP) is 4.08. The van der Waals surface area contributed by atoms with Crippen LogP contribution in [0.5, 0.6) is 5.75 Å². The lowest BCUT2D eigenvalue weighted by molar-refractivity contribution is 0.310. The summed E-state index contributed by atoms with van der Waals surface area (Å²) in [5.74, 6) is 0.994. The summed E-state index contributed by atoms with van der Waals surface area (Å²) in [7, 11) is 0. The molecule has 1 nitrogen and oxygen atoms in total. The largest absolute Gasteiger partial charge is 0.494 e. The van der Waals surface area contributed by atoms with Crippen LogP contribution in [0.25, 0.3) is 10.1 Å². The molecule has 1 heterocycles. The second kappa shape index (κ2) is 4.47. The highest BCUT2D eigenvalue weighted by Crippen LogP contribution is 2.25. The van der Waals surface area contributed by atoms with E-state index >= 15 is 0 Å². The summed E-state index contributed by atoms with van der Waals surface area (Å²) >= 11 is 1.76. The number of hydrogen-bond acceptors (Lipinski definition) is 2. The Morgan fingerprint density at radius 3 is 3.07 bits per heavy atom. The normalized spacial score (nSPS) is 10.6. The summed E-state index contributed by atoms with van der Waals surface area (Å²) in [5.41, 5.74) is 0. The highest BCUT2D eigenvalue weighted by atomic mass is 32.1. The molecule has 0 saturated carbocycles. The van der Waals surface area contributed by atoms with Gasteiger partial charge >= 0.3 is 0 Å². The van der Waals surface area contributed by atoms with E-state index in [-0.39, 0.29) is 0 Å². The Hall–Kier alpha value is -1.02. The number of unbranched alkanes of at least 4 members (excludes halogenated alkanes) is 1. The highest BCUT2D eigenvalue weighted by molar-refractivity contribution is 7.17. The summed E-state index contributed by atoms with van der Waals surface area (Å²) < 4.78 is 6.94. The SMILES string of the molecule is CCCCOc1ccc2ccsc2c1. The third kappa shape index (κ3) is 2.07. The molecule has 1 aromatic heterocycles. The molecule has 0 spiro atoms. The van der Waals surface area contributed by atoms with Crippen molar-refractivity contribution in [2.75, 3.05) is 6.61 Å². The average molecular weight is 206 g/mol. The average Bonchev–Trinajstić information content (AvgIpc) is 2.65. The Balaban J connectivity index is 2.10. The maximum Gasteiger partial charge on any atom is 0.120 e. The summed E-state index contributed by atoms with van der Waals surface area (Å²) in [6.45, 7) is 3.00. The lowest BCUT2D eigenvalue weighted by Gasteiger charge is -2.04. The number of ether oxygens (including phenoxy) is 1. The van der Waals surface area contributed by atoms with Crippen LogP contribution in [0.4, 0.5) is 0 Å². The first-order valence-electron chi connectivity index (χ1n) is 5.00. The van der Waals surface area contributed by atoms with Crippen LogP contribution in [0.1, 0.15) is 19.8 Å². The van der Waals surface area contributed by atoms with E-state index in [9.17, 15) is 0 Å². The Labute approximate surface area is 88.3 Å². The number of fused-ring (bicyclic) bond motifs is 1. The molecule has 0 saturated heterocycles. The first-order chi connectivity index (χ1) is 6.90. The minimum Gasteiger partial charge on any atom is -0.494 e. The molecule has 0 fully saturated rings. The monoisotopic (exact) mass is 206 g/mol. The molecule has 1 aromatic carbocycles. The molecule has 2 rings (SSSR count). The van der Waals surface area contributed by atoms with E-state index in [1.165, 1.54) is 16.5 Å². The van der Waals surface area contributed by atoms with Gasteiger partial charge in [-0.1, -0.05) is 13.3 Å². The second-order valence-corrected chi connectivity index (χ2v) is 4.27. The molecule has 0 aliphatic heterocycles. The summed E-state index contributed by atoms with van der Waals surface area (Å²) in [5, 5.41) is 3.42. The second-order valence-electron chi connectivity index (χ2n) is 3.32. The third-order valence-electron chi connectivity index (χ3n) is 2.19. The van der Waals surface area contributed by atoms with E-state index in [1.54, 1.807) is 11.3 Å². The molecule has 0 unspecified atom stereocenters. The zero-order chi connectivity index (χ0) is 9.80. The molecule has 0 aliphatic rings. The van der Waals surface area contributed by atoms with Gasteiger partial charge in [-0.05, 0) is 41.5 Å². The van der Waals surface area contributed by atoms with Gasteiger partial charge in [0.2, 0.25) is 0 Å². The van der Waals surface area contributed by atoms with E-state index in [4.69, 9.17) is 4.74 Å². The van der Waals surface area contributed by atoms with Gasteiger partial charge in [-0.15, -0.1) is 11.3 Å². The molecule has 0 radical (unpaired) electrons. The Bertz CT molecular complexity index is 405. The Morgan fingerprint density at radius 2 is 2.21 bits per heavy atom. The van der Waals surface area contributed by atoms with Crippen LogP contribution in [0, 0.1) is 0 Å². The van der Waals surface area contributed by atoms with Crippen molar-refractivity contribution in [1.82, 2.24) is 0 Å². The molecule has 0 amide bonds. The molecule has 2 heteroatoms. The fourth-order valence-corrected chi connectivity index (χ4v) is 2.18. The van der Waals surface area contributed by atoms with Crippen LogP contribution in [0.15, 0.2) is 29.6 Å². The van der Waals surface area contributed by atoms with E-state index in [1.807, 2.05) is 6.07 Å². The first kappa shape index (κ1) is 9.53. The van der Waals surface area contributed by atoms with Crippen molar-refractivity contribution in [3.8, 4) is 5.75 Å². The van der Waals surface area contributed by atoms with E-state index in [0.29, 0.717) is 0 Å². The minimum atomic E-state index is 0.827. The van der Waals surface area contributed by atoms with Gasteiger partial charge in [0, 0.05) is 4.70 Å². The molecule has 0 atom stereocenters. The van der Waals surface area contributed by atoms with Crippen molar-refractivity contribution in [3.63, 3.8) is 0 Å². The van der Waals surface area contributed by atoms with E-state index < -0.39 is 0 Å². The summed E-state index contributed by atoms with van der Waals surface area (Å²) in [6, 6.07) is 8.42. The predicted molar refractivity (Wildman–Crippen MR) is 62.2 cm³/mol. The van der Waals surface area contributed by atoms with E-state index in [2.05, 4.69) is 30.5 Å². The van der Waals surface area contributed by atoms with Gasteiger partial charge in [-0.3, -0.25) is 0 Å². The maximum atomic E-state index is 5.63. The minimum absolute atomic E-state index is 0.827. The quantitative estimate of drug-likeness (QED) is 0.685. The van der Waals surface area contributed by atoms with Crippen LogP contribution in [-0.2, 0) is 0 Å². The number of rotatable bonds is 4. The third-order valence-corrected chi connectivity index (χ3v) is 3.07. The number of thiophene rings is 1. The van der Waals surface area contributed by atoms with Crippen LogP contribution < -0.4 is 4.74 Å². The lowest BCUT2D eigenvalue weighted by Crippen LogP contribution is -1.95. The standard InChI is InChI=1S/C12H14OS/c1-2-3-7-13-11-5-4-10-6-8-14-12(10)9-11/h4-6,8-9H,2-3,7H2,1H3. The fourth-order valence-electron chi connectivity index (χ4n) is 1.36. The molecule has 14 heavy (non-hydrogen) atoms. The lowest BCUT2D eigenvalue weighted by atomic mass is 10.2. The molecule has 0 bridgehead atoms. The van der Waals surface area contributed by atoms with Gasteiger partial charge in [0.15, 0.2) is 0 Å². The molecular formula is C12H14OS. The van der Waals surface area contributed by atoms with Crippen molar-refractivity contribution in [2.45, 2.75) is 19.8 Å². The number of benzene rings is 1. The van der Waals surface area contributed by atoms with Crippen molar-refractivity contribution in [2.24, 2.45) is 0 Å².